The number of nitrogens with one attached hydrogen (secondary N) is 2. The van der Waals surface area contributed by atoms with Gasteiger partial charge in [-0.05, 0) is 25.7 Å². The van der Waals surface area contributed by atoms with Crippen LogP contribution >= 0.6 is 23.5 Å². The van der Waals surface area contributed by atoms with Crippen molar-refractivity contribution in [1.29, 1.82) is 0 Å². The summed E-state index contributed by atoms with van der Waals surface area (Å²) in [5.41, 5.74) is 7.00. The van der Waals surface area contributed by atoms with Gasteiger partial charge in [-0.1, -0.05) is 11.1 Å². The Morgan fingerprint density at radius 2 is 2.16 bits per heavy atom. The van der Waals surface area contributed by atoms with Gasteiger partial charge in [0, 0.05) is 31.0 Å². The number of rotatable bonds is 8. The highest BCUT2D eigenvalue weighted by molar-refractivity contribution is 8.00. The summed E-state index contributed by atoms with van der Waals surface area (Å²) in [6.07, 6.45) is 5.81. The van der Waals surface area contributed by atoms with E-state index in [1.165, 1.54) is 29.7 Å². The summed E-state index contributed by atoms with van der Waals surface area (Å²) in [6, 6.07) is -0.599. The van der Waals surface area contributed by atoms with E-state index in [2.05, 4.69) is 20.7 Å². The smallest absolute Gasteiger partial charge is 0.313 e. The molecule has 3 heterocycles. The number of carbonyl (C=O) groups excluding carboxylic acids is 2. The average Bonchev–Trinajstić information content (AvgIpc) is 3.30. The molecule has 31 heavy (non-hydrogen) atoms. The van der Waals surface area contributed by atoms with Crippen molar-refractivity contribution in [2.75, 3.05) is 24.6 Å². The number of carboxylic acid groups (broad SMARTS) is 1. The summed E-state index contributed by atoms with van der Waals surface area (Å²) in [7, 11) is 0. The molecule has 12 heteroatoms. The quantitative estimate of drug-likeness (QED) is 0.245. The van der Waals surface area contributed by atoms with Crippen molar-refractivity contribution in [3.63, 3.8) is 0 Å². The Kier molecular flexibility index (Phi) is 6.58. The molecule has 3 atom stereocenters. The Bertz CT molecular complexity index is 892. The molecule has 2 amide bonds. The molecule has 2 saturated heterocycles. The van der Waals surface area contributed by atoms with E-state index >= 15 is 0 Å². The number of hydrogen-bond acceptors (Lipinski definition) is 8. The minimum atomic E-state index is -1.07. The first-order valence-corrected chi connectivity index (χ1v) is 12.3. The van der Waals surface area contributed by atoms with Crippen molar-refractivity contribution in [2.24, 2.45) is 11.1 Å². The van der Waals surface area contributed by atoms with Crippen molar-refractivity contribution < 1.29 is 19.5 Å². The fourth-order valence-electron chi connectivity index (χ4n) is 4.29. The van der Waals surface area contributed by atoms with E-state index in [0.717, 1.165) is 36.8 Å². The lowest BCUT2D eigenvalue weighted by atomic mass is 9.88. The van der Waals surface area contributed by atoms with Crippen molar-refractivity contribution in [1.82, 2.24) is 25.6 Å². The fourth-order valence-corrected chi connectivity index (χ4v) is 6.93. The number of aromatic amines is 1. The van der Waals surface area contributed by atoms with Gasteiger partial charge in [0.25, 0.3) is 0 Å². The predicted molar refractivity (Wildman–Crippen MR) is 116 cm³/mol. The number of hydrogen-bond donors (Lipinski definition) is 4. The third-order valence-corrected chi connectivity index (χ3v) is 8.91. The molecule has 2 fully saturated rings. The van der Waals surface area contributed by atoms with Crippen LogP contribution in [-0.4, -0.2) is 79.2 Å². The SMILES string of the molecule is NCC1=C(CC(=O)NC2C(=O)N3CC(CSc4cn[nH]n4)(C(=O)O)CS[C@H]23)CCCC1. The normalized spacial score (nSPS) is 28.2. The fraction of sp³-hybridized carbons (Fsp3) is 0.632. The zero-order valence-corrected chi connectivity index (χ0v) is 18.6. The van der Waals surface area contributed by atoms with Gasteiger partial charge in [0.1, 0.15) is 21.9 Å². The van der Waals surface area contributed by atoms with E-state index in [-0.39, 0.29) is 35.9 Å². The third-order valence-electron chi connectivity index (χ3n) is 6.13. The summed E-state index contributed by atoms with van der Waals surface area (Å²) in [4.78, 5) is 38.9. The van der Waals surface area contributed by atoms with Crippen LogP contribution < -0.4 is 11.1 Å². The molecule has 3 aliphatic rings. The molecule has 0 aromatic carbocycles. The van der Waals surface area contributed by atoms with Gasteiger partial charge < -0.3 is 21.1 Å². The summed E-state index contributed by atoms with van der Waals surface area (Å²) < 4.78 is 0. The Morgan fingerprint density at radius 1 is 1.39 bits per heavy atom. The van der Waals surface area contributed by atoms with Gasteiger partial charge >= 0.3 is 5.97 Å². The number of nitrogens with zero attached hydrogens (tertiary/aromatic N) is 3. The molecule has 0 spiro atoms. The maximum absolute atomic E-state index is 12.7. The first kappa shape index (κ1) is 22.2. The lowest BCUT2D eigenvalue weighted by Crippen LogP contribution is -2.74. The maximum atomic E-state index is 12.7. The molecule has 2 unspecified atom stereocenters. The molecule has 0 radical (unpaired) electrons. The summed E-state index contributed by atoms with van der Waals surface area (Å²) in [5, 5.41) is 23.3. The maximum Gasteiger partial charge on any atom is 0.313 e. The first-order chi connectivity index (χ1) is 14.9. The number of carbonyl (C=O) groups is 3. The Balaban J connectivity index is 1.36. The van der Waals surface area contributed by atoms with Crippen LogP contribution in [0.2, 0.25) is 0 Å². The number of thioether (sulfide) groups is 2. The van der Waals surface area contributed by atoms with E-state index in [1.807, 2.05) is 0 Å². The predicted octanol–water partition coefficient (Wildman–Crippen LogP) is 0.587. The molecule has 4 rings (SSSR count). The van der Waals surface area contributed by atoms with Gasteiger partial charge in [-0.15, -0.1) is 28.6 Å². The zero-order chi connectivity index (χ0) is 22.0. The van der Waals surface area contributed by atoms with Gasteiger partial charge in [-0.2, -0.15) is 10.3 Å². The topological polar surface area (TPSA) is 154 Å². The van der Waals surface area contributed by atoms with Crippen LogP contribution in [0.15, 0.2) is 22.4 Å². The van der Waals surface area contributed by atoms with E-state index in [9.17, 15) is 19.5 Å². The molecule has 0 bridgehead atoms. The molecule has 1 aromatic rings. The molecule has 0 saturated carbocycles. The molecule has 5 N–H and O–H groups in total. The van der Waals surface area contributed by atoms with E-state index in [4.69, 9.17) is 5.73 Å². The van der Waals surface area contributed by atoms with Crippen LogP contribution in [0.5, 0.6) is 0 Å². The second kappa shape index (κ2) is 9.21. The number of nitrogens with two attached hydrogens (primary N) is 1. The van der Waals surface area contributed by atoms with Crippen molar-refractivity contribution in [3.8, 4) is 0 Å². The van der Waals surface area contributed by atoms with Gasteiger partial charge in [0.05, 0.1) is 6.20 Å². The third kappa shape index (κ3) is 4.46. The highest BCUT2D eigenvalue weighted by Crippen LogP contribution is 2.44. The number of aliphatic carboxylic acids is 1. The lowest BCUT2D eigenvalue weighted by molar-refractivity contribution is -0.157. The van der Waals surface area contributed by atoms with E-state index < -0.39 is 17.4 Å². The zero-order valence-electron chi connectivity index (χ0n) is 17.0. The Morgan fingerprint density at radius 3 is 2.84 bits per heavy atom. The number of amides is 2. The molecule has 10 nitrogen and oxygen atoms in total. The highest BCUT2D eigenvalue weighted by Gasteiger charge is 2.57. The molecule has 2 aliphatic heterocycles. The van der Waals surface area contributed by atoms with Crippen LogP contribution in [0, 0.1) is 5.41 Å². The minimum absolute atomic E-state index is 0.124. The van der Waals surface area contributed by atoms with Crippen LogP contribution in [0.4, 0.5) is 0 Å². The second-order valence-electron chi connectivity index (χ2n) is 8.19. The van der Waals surface area contributed by atoms with E-state index in [1.54, 1.807) is 4.90 Å². The van der Waals surface area contributed by atoms with Crippen molar-refractivity contribution in [3.05, 3.63) is 17.3 Å². The number of β-lactam (4-membered cyclic amide) rings is 1. The highest BCUT2D eigenvalue weighted by atomic mass is 32.2. The largest absolute Gasteiger partial charge is 0.481 e. The molecule has 1 aromatic heterocycles. The van der Waals surface area contributed by atoms with Gasteiger partial charge in [-0.25, -0.2) is 0 Å². The number of fused-ring (bicyclic) bond motifs is 1. The van der Waals surface area contributed by atoms with Crippen LogP contribution in [-0.2, 0) is 14.4 Å². The minimum Gasteiger partial charge on any atom is -0.481 e. The molecule has 1 aliphatic carbocycles. The second-order valence-corrected chi connectivity index (χ2v) is 10.3. The Labute approximate surface area is 188 Å². The lowest BCUT2D eigenvalue weighted by Gasteiger charge is -2.53. The summed E-state index contributed by atoms with van der Waals surface area (Å²) in [5.74, 6) is -0.687. The molecular weight excluding hydrogens is 440 g/mol. The van der Waals surface area contributed by atoms with Gasteiger partial charge in [0.15, 0.2) is 0 Å². The van der Waals surface area contributed by atoms with Crippen molar-refractivity contribution in [2.45, 2.75) is 48.5 Å². The summed E-state index contributed by atoms with van der Waals surface area (Å²) >= 11 is 2.71. The van der Waals surface area contributed by atoms with Gasteiger partial charge in [-0.3, -0.25) is 14.4 Å². The number of carboxylic acids is 1. The van der Waals surface area contributed by atoms with Crippen LogP contribution in [0.1, 0.15) is 32.1 Å². The van der Waals surface area contributed by atoms with E-state index in [0.29, 0.717) is 17.3 Å². The number of aromatic nitrogens is 3. The summed E-state index contributed by atoms with van der Waals surface area (Å²) in [6.45, 7) is 0.597. The number of H-pyrrole nitrogens is 1. The van der Waals surface area contributed by atoms with Gasteiger partial charge in [0.2, 0.25) is 11.8 Å². The monoisotopic (exact) mass is 466 g/mol. The van der Waals surface area contributed by atoms with Crippen LogP contribution in [0.3, 0.4) is 0 Å². The average molecular weight is 467 g/mol. The van der Waals surface area contributed by atoms with Crippen LogP contribution in [0.25, 0.3) is 0 Å². The standard InChI is InChI=1S/C19H26N6O4S2/c20-6-12-4-2-1-3-11(12)5-13(26)22-15-16(27)25-8-19(18(28)29,10-31-17(15)25)9-30-14-7-21-24-23-14/h7,15,17H,1-6,8-10,20H2,(H,22,26)(H,28,29)(H,21,23,24)/t15?,17-,19?/m1/s1. The van der Waals surface area contributed by atoms with Crippen molar-refractivity contribution >= 4 is 41.3 Å². The molecule has 168 valence electrons. The Hall–Kier alpha value is -2.05. The first-order valence-electron chi connectivity index (χ1n) is 10.3. The molecular formula is C19H26N6O4S2.